The van der Waals surface area contributed by atoms with Crippen LogP contribution in [0, 0.1) is 5.92 Å². The molecule has 116 valence electrons. The van der Waals surface area contributed by atoms with Gasteiger partial charge >= 0.3 is 78.1 Å². The molecule has 0 aliphatic heterocycles. The third-order valence-electron chi connectivity index (χ3n) is 4.09. The summed E-state index contributed by atoms with van der Waals surface area (Å²) >= 11 is 6.01. The van der Waals surface area contributed by atoms with E-state index in [1.165, 1.54) is 37.2 Å². The average molecular weight is 456 g/mol. The van der Waals surface area contributed by atoms with Crippen molar-refractivity contribution in [3.8, 4) is 0 Å². The molecule has 2 aliphatic carbocycles. The van der Waals surface area contributed by atoms with Crippen molar-refractivity contribution in [1.29, 1.82) is 0 Å². The molecule has 0 heterocycles. The number of hydrogen-bond donors (Lipinski definition) is 0. The molecule has 0 aromatic carbocycles. The van der Waals surface area contributed by atoms with E-state index < -0.39 is 0 Å². The molecule has 0 fully saturated rings. The van der Waals surface area contributed by atoms with Gasteiger partial charge in [-0.05, 0) is 38.8 Å². The zero-order valence-electron chi connectivity index (χ0n) is 13.4. The minimum absolute atomic E-state index is 0. The first-order valence-electron chi connectivity index (χ1n) is 6.97. The Morgan fingerprint density at radius 2 is 1.00 bits per heavy atom. The van der Waals surface area contributed by atoms with E-state index in [0.29, 0.717) is 0 Å². The molecule has 21 heavy (non-hydrogen) atoms. The summed E-state index contributed by atoms with van der Waals surface area (Å²) in [6.07, 6.45) is 10.9. The van der Waals surface area contributed by atoms with Crippen LogP contribution in [0.4, 0.5) is 0 Å². The number of rotatable bonds is 0. The molecular formula is C18H23CoSe2. The molecule has 0 atom stereocenters. The van der Waals surface area contributed by atoms with Crippen LogP contribution < -0.4 is 0 Å². The van der Waals surface area contributed by atoms with E-state index in [0.717, 1.165) is 12.8 Å². The van der Waals surface area contributed by atoms with Gasteiger partial charge < -0.3 is 0 Å². The van der Waals surface area contributed by atoms with Gasteiger partial charge in [0.05, 0.1) is 0 Å². The third-order valence-corrected chi connectivity index (χ3v) is 6.24. The molecule has 0 saturated carbocycles. The maximum atomic E-state index is 3.01. The van der Waals surface area contributed by atoms with Gasteiger partial charge in [0.2, 0.25) is 0 Å². The van der Waals surface area contributed by atoms with E-state index in [2.05, 4.69) is 90.9 Å². The van der Waals surface area contributed by atoms with Gasteiger partial charge in [0.15, 0.2) is 0 Å². The Hall–Kier alpha value is 0.245. The van der Waals surface area contributed by atoms with Crippen LogP contribution in [-0.2, 0) is 16.8 Å². The first-order chi connectivity index (χ1) is 9.36. The van der Waals surface area contributed by atoms with Crippen molar-refractivity contribution in [2.24, 2.45) is 0 Å². The molecule has 0 spiro atoms. The second kappa shape index (κ2) is 10.1. The summed E-state index contributed by atoms with van der Waals surface area (Å²) in [4.78, 5) is 0. The van der Waals surface area contributed by atoms with Crippen molar-refractivity contribution in [2.75, 3.05) is 0 Å². The molecule has 2 aliphatic rings. The van der Waals surface area contributed by atoms with Gasteiger partial charge in [0.1, 0.15) is 0 Å². The quantitative estimate of drug-likeness (QED) is 0.464. The van der Waals surface area contributed by atoms with Gasteiger partial charge in [-0.2, -0.15) is 0 Å². The summed E-state index contributed by atoms with van der Waals surface area (Å²) in [5.74, 6) is 1.47. The van der Waals surface area contributed by atoms with Gasteiger partial charge in [-0.1, -0.05) is 18.1 Å². The van der Waals surface area contributed by atoms with Crippen LogP contribution in [0.15, 0.2) is 55.5 Å². The Morgan fingerprint density at radius 3 is 1.24 bits per heavy atom. The van der Waals surface area contributed by atoms with Crippen molar-refractivity contribution in [1.82, 2.24) is 0 Å². The Labute approximate surface area is 157 Å². The maximum absolute atomic E-state index is 3.01. The zero-order chi connectivity index (χ0) is 15.3. The van der Waals surface area contributed by atoms with Gasteiger partial charge in [0, 0.05) is 22.7 Å². The second-order valence-corrected chi connectivity index (χ2v) is 7.08. The Kier molecular flexibility index (Phi) is 10.2. The molecule has 0 unspecified atom stereocenters. The van der Waals surface area contributed by atoms with Crippen LogP contribution in [0.25, 0.3) is 0 Å². The topological polar surface area (TPSA) is 0 Å². The predicted octanol–water partition coefficient (Wildman–Crippen LogP) is 4.71. The van der Waals surface area contributed by atoms with E-state index in [9.17, 15) is 0 Å². The Bertz CT molecular complexity index is 473. The van der Waals surface area contributed by atoms with Crippen molar-refractivity contribution in [2.45, 2.75) is 47.5 Å². The predicted molar refractivity (Wildman–Crippen MR) is 91.7 cm³/mol. The number of hydrogen-bond acceptors (Lipinski definition) is 0. The summed E-state index contributed by atoms with van der Waals surface area (Å²) in [5.41, 5.74) is 5.87. The molecule has 0 N–H and O–H groups in total. The van der Waals surface area contributed by atoms with Crippen LogP contribution in [0.1, 0.15) is 47.5 Å². The van der Waals surface area contributed by atoms with Crippen LogP contribution in [0.5, 0.6) is 0 Å². The van der Waals surface area contributed by atoms with Crippen LogP contribution >= 0.6 is 0 Å². The fraction of sp³-hybridized carbons (Fsp3) is 0.389. The second-order valence-electron chi connectivity index (χ2n) is 5.24. The van der Waals surface area contributed by atoms with Gasteiger partial charge in [-0.15, -0.1) is 0 Å². The summed E-state index contributed by atoms with van der Waals surface area (Å²) in [6.45, 7) is 11.0. The fourth-order valence-corrected chi connectivity index (χ4v) is 2.83. The molecular weight excluding hydrogens is 433 g/mol. The van der Waals surface area contributed by atoms with Crippen LogP contribution in [-0.4, -0.2) is 32.0 Å². The molecule has 0 nitrogen and oxygen atoms in total. The molecule has 0 bridgehead atoms. The van der Waals surface area contributed by atoms with E-state index in [4.69, 9.17) is 0 Å². The molecule has 3 heteroatoms. The molecule has 0 saturated heterocycles. The first kappa shape index (κ1) is 21.2. The third kappa shape index (κ3) is 6.10. The average Bonchev–Trinajstić information content (AvgIpc) is 2.59. The van der Waals surface area contributed by atoms with Crippen molar-refractivity contribution < 1.29 is 16.8 Å². The summed E-state index contributed by atoms with van der Waals surface area (Å²) in [7, 11) is 0. The normalized spacial score (nSPS) is 25.6. The zero-order valence-corrected chi connectivity index (χ0v) is 17.8. The standard InChI is InChI=1S/C10H15.C8H8Se2.Co/c1-6-7(2)9(4)10(5)8(6)3;9-7-5-3-1-2-4-6-8(7)10;/h1-5H3;3-6H,1-2H2;/b;5-3-,6-4-,8-7-;. The van der Waals surface area contributed by atoms with Crippen LogP contribution in [0.2, 0.25) is 0 Å². The molecule has 0 amide bonds. The minimum atomic E-state index is 0. The molecule has 4 radical (unpaired) electrons. The van der Waals surface area contributed by atoms with Crippen molar-refractivity contribution in [3.05, 3.63) is 61.5 Å². The Morgan fingerprint density at radius 1 is 0.667 bits per heavy atom. The van der Waals surface area contributed by atoms with E-state index in [1.54, 1.807) is 0 Å². The first-order valence-corrected chi connectivity index (χ1v) is 8.68. The summed E-state index contributed by atoms with van der Waals surface area (Å²) < 4.78 is 2.41. The Balaban J connectivity index is 0.000000364. The fourth-order valence-electron chi connectivity index (χ4n) is 2.14. The molecule has 0 aromatic heterocycles. The van der Waals surface area contributed by atoms with E-state index in [1.807, 2.05) is 0 Å². The van der Waals surface area contributed by atoms with Crippen molar-refractivity contribution >= 4 is 32.0 Å². The van der Waals surface area contributed by atoms with Crippen LogP contribution in [0.3, 0.4) is 0 Å². The van der Waals surface area contributed by atoms with Gasteiger partial charge in [0.25, 0.3) is 0 Å². The molecule has 2 rings (SSSR count). The molecule has 0 aromatic rings. The monoisotopic (exact) mass is 458 g/mol. The van der Waals surface area contributed by atoms with Gasteiger partial charge in [-0.25, -0.2) is 0 Å². The van der Waals surface area contributed by atoms with E-state index >= 15 is 0 Å². The number of allylic oxidation sites excluding steroid dienone is 10. The summed E-state index contributed by atoms with van der Waals surface area (Å²) in [5, 5.41) is 0. The van der Waals surface area contributed by atoms with Crippen molar-refractivity contribution in [3.63, 3.8) is 0 Å². The summed E-state index contributed by atoms with van der Waals surface area (Å²) in [6, 6.07) is 0. The van der Waals surface area contributed by atoms with Gasteiger partial charge in [-0.3, -0.25) is 0 Å². The SMILES string of the molecule is C[C]1C(C)=C(C)C(C)=C1C.[Co].[Se]C1=C([Se])/C=C\CC/C=C\1. The van der Waals surface area contributed by atoms with E-state index in [-0.39, 0.29) is 16.8 Å².